The van der Waals surface area contributed by atoms with Gasteiger partial charge in [-0.1, -0.05) is 43.2 Å². The molecule has 29 heavy (non-hydrogen) atoms. The second-order valence-corrected chi connectivity index (χ2v) is 7.18. The zero-order valence-electron chi connectivity index (χ0n) is 16.3. The fourth-order valence-corrected chi connectivity index (χ4v) is 3.55. The maximum atomic E-state index is 12.3. The van der Waals surface area contributed by atoms with Gasteiger partial charge in [0.1, 0.15) is 23.9 Å². The van der Waals surface area contributed by atoms with E-state index >= 15 is 0 Å². The van der Waals surface area contributed by atoms with Crippen molar-refractivity contribution in [1.82, 2.24) is 9.78 Å². The first kappa shape index (κ1) is 19.1. The number of hydrogen-bond donors (Lipinski definition) is 1. The molecule has 4 rings (SSSR count). The Labute approximate surface area is 170 Å². The SMILES string of the molecule is O=C(COc1ccc(OCc2ccccc2)cc1)Nc1ccnn1C1CCCC1. The second kappa shape index (κ2) is 9.28. The van der Waals surface area contributed by atoms with Crippen molar-refractivity contribution in [3.63, 3.8) is 0 Å². The molecule has 0 unspecified atom stereocenters. The second-order valence-electron chi connectivity index (χ2n) is 7.18. The first-order valence-electron chi connectivity index (χ1n) is 10.0. The van der Waals surface area contributed by atoms with E-state index in [4.69, 9.17) is 9.47 Å². The third kappa shape index (κ3) is 5.16. The van der Waals surface area contributed by atoms with Gasteiger partial charge in [0, 0.05) is 6.07 Å². The van der Waals surface area contributed by atoms with Crippen LogP contribution in [-0.4, -0.2) is 22.3 Å². The number of nitrogens with one attached hydrogen (secondary N) is 1. The summed E-state index contributed by atoms with van der Waals surface area (Å²) in [5.41, 5.74) is 1.11. The van der Waals surface area contributed by atoms with E-state index in [0.29, 0.717) is 18.4 Å². The number of nitrogens with zero attached hydrogens (tertiary/aromatic N) is 2. The Morgan fingerprint density at radius 2 is 1.66 bits per heavy atom. The smallest absolute Gasteiger partial charge is 0.263 e. The summed E-state index contributed by atoms with van der Waals surface area (Å²) in [4.78, 5) is 12.3. The largest absolute Gasteiger partial charge is 0.489 e. The Morgan fingerprint density at radius 1 is 0.966 bits per heavy atom. The highest BCUT2D eigenvalue weighted by Gasteiger charge is 2.20. The van der Waals surface area contributed by atoms with Crippen LogP contribution in [0.3, 0.4) is 0 Å². The van der Waals surface area contributed by atoms with Crippen LogP contribution in [0.2, 0.25) is 0 Å². The number of aromatic nitrogens is 2. The minimum Gasteiger partial charge on any atom is -0.489 e. The monoisotopic (exact) mass is 391 g/mol. The van der Waals surface area contributed by atoms with Crippen molar-refractivity contribution in [2.45, 2.75) is 38.3 Å². The normalized spacial score (nSPS) is 13.9. The number of anilines is 1. The van der Waals surface area contributed by atoms with Gasteiger partial charge < -0.3 is 14.8 Å². The van der Waals surface area contributed by atoms with Gasteiger partial charge in [-0.25, -0.2) is 4.68 Å². The molecule has 6 nitrogen and oxygen atoms in total. The molecule has 0 bridgehead atoms. The lowest BCUT2D eigenvalue weighted by molar-refractivity contribution is -0.118. The van der Waals surface area contributed by atoms with Gasteiger partial charge >= 0.3 is 0 Å². The molecular weight excluding hydrogens is 366 g/mol. The van der Waals surface area contributed by atoms with Gasteiger partial charge in [-0.3, -0.25) is 4.79 Å². The molecule has 0 radical (unpaired) electrons. The Bertz CT molecular complexity index is 916. The van der Waals surface area contributed by atoms with Gasteiger partial charge in [0.2, 0.25) is 0 Å². The Hall–Kier alpha value is -3.28. The zero-order valence-corrected chi connectivity index (χ0v) is 16.3. The summed E-state index contributed by atoms with van der Waals surface area (Å²) >= 11 is 0. The Kier molecular flexibility index (Phi) is 6.10. The summed E-state index contributed by atoms with van der Waals surface area (Å²) in [5, 5.41) is 7.27. The van der Waals surface area contributed by atoms with Crippen LogP contribution >= 0.6 is 0 Å². The first-order valence-corrected chi connectivity index (χ1v) is 10.0. The van der Waals surface area contributed by atoms with Crippen molar-refractivity contribution in [1.29, 1.82) is 0 Å². The van der Waals surface area contributed by atoms with E-state index in [1.165, 1.54) is 12.8 Å². The lowest BCUT2D eigenvalue weighted by Gasteiger charge is -2.15. The Balaban J connectivity index is 1.25. The molecule has 0 saturated heterocycles. The molecule has 2 aromatic carbocycles. The van der Waals surface area contributed by atoms with Crippen molar-refractivity contribution in [2.24, 2.45) is 0 Å². The molecule has 0 aliphatic heterocycles. The average Bonchev–Trinajstić information content (AvgIpc) is 3.44. The quantitative estimate of drug-likeness (QED) is 0.610. The van der Waals surface area contributed by atoms with Gasteiger partial charge in [-0.05, 0) is 42.7 Å². The van der Waals surface area contributed by atoms with Crippen LogP contribution in [0.5, 0.6) is 11.5 Å². The molecule has 6 heteroatoms. The van der Waals surface area contributed by atoms with Gasteiger partial charge in [-0.2, -0.15) is 5.10 Å². The summed E-state index contributed by atoms with van der Waals surface area (Å²) in [5.74, 6) is 1.91. The van der Waals surface area contributed by atoms with Gasteiger partial charge in [0.05, 0.1) is 12.2 Å². The number of hydrogen-bond acceptors (Lipinski definition) is 4. The molecule has 0 atom stereocenters. The van der Waals surface area contributed by atoms with Crippen LogP contribution in [0.1, 0.15) is 37.3 Å². The number of amides is 1. The standard InChI is InChI=1S/C23H25N3O3/c27-23(25-22-14-15-24-26(22)19-8-4-5-9-19)17-29-21-12-10-20(11-13-21)28-16-18-6-2-1-3-7-18/h1-3,6-7,10-15,19H,4-5,8-9,16-17H2,(H,25,27). The van der Waals surface area contributed by atoms with Crippen LogP contribution in [0.15, 0.2) is 66.9 Å². The van der Waals surface area contributed by atoms with E-state index in [2.05, 4.69) is 10.4 Å². The van der Waals surface area contributed by atoms with E-state index in [1.54, 1.807) is 18.3 Å². The first-order chi connectivity index (χ1) is 14.3. The van der Waals surface area contributed by atoms with E-state index in [-0.39, 0.29) is 12.5 Å². The molecule has 1 fully saturated rings. The third-order valence-corrected chi connectivity index (χ3v) is 5.05. The predicted molar refractivity (Wildman–Crippen MR) is 111 cm³/mol. The van der Waals surface area contributed by atoms with E-state index in [9.17, 15) is 4.79 Å². The molecule has 1 amide bonds. The van der Waals surface area contributed by atoms with Crippen LogP contribution in [0.4, 0.5) is 5.82 Å². The molecular formula is C23H25N3O3. The molecule has 3 aromatic rings. The highest BCUT2D eigenvalue weighted by atomic mass is 16.5. The summed E-state index contributed by atoms with van der Waals surface area (Å²) in [7, 11) is 0. The lowest BCUT2D eigenvalue weighted by atomic mass is 10.2. The zero-order chi connectivity index (χ0) is 19.9. The van der Waals surface area contributed by atoms with E-state index < -0.39 is 0 Å². The number of rotatable bonds is 8. The molecule has 1 aliphatic rings. The van der Waals surface area contributed by atoms with Crippen molar-refractivity contribution < 1.29 is 14.3 Å². The van der Waals surface area contributed by atoms with Crippen LogP contribution in [0.25, 0.3) is 0 Å². The van der Waals surface area contributed by atoms with Gasteiger partial charge in [0.25, 0.3) is 5.91 Å². The van der Waals surface area contributed by atoms with Crippen molar-refractivity contribution in [3.05, 3.63) is 72.4 Å². The molecule has 1 N–H and O–H groups in total. The molecule has 1 heterocycles. The maximum Gasteiger partial charge on any atom is 0.263 e. The summed E-state index contributed by atoms with van der Waals surface area (Å²) in [6.07, 6.45) is 6.38. The number of carbonyl (C=O) groups excluding carboxylic acids is 1. The minimum absolute atomic E-state index is 0.0555. The average molecular weight is 391 g/mol. The van der Waals surface area contributed by atoms with E-state index in [0.717, 1.165) is 30.0 Å². The fourth-order valence-electron chi connectivity index (χ4n) is 3.55. The van der Waals surface area contributed by atoms with Gasteiger partial charge in [0.15, 0.2) is 6.61 Å². The lowest BCUT2D eigenvalue weighted by Crippen LogP contribution is -2.23. The molecule has 150 valence electrons. The Morgan fingerprint density at radius 3 is 2.38 bits per heavy atom. The van der Waals surface area contributed by atoms with Crippen LogP contribution < -0.4 is 14.8 Å². The van der Waals surface area contributed by atoms with Crippen molar-refractivity contribution in [3.8, 4) is 11.5 Å². The number of carbonyl (C=O) groups is 1. The van der Waals surface area contributed by atoms with Gasteiger partial charge in [-0.15, -0.1) is 0 Å². The van der Waals surface area contributed by atoms with Crippen molar-refractivity contribution >= 4 is 11.7 Å². The minimum atomic E-state index is -0.200. The summed E-state index contributed by atoms with van der Waals surface area (Å²) in [6, 6.07) is 19.5. The van der Waals surface area contributed by atoms with E-state index in [1.807, 2.05) is 53.2 Å². The summed E-state index contributed by atoms with van der Waals surface area (Å²) in [6.45, 7) is 0.457. The molecule has 0 spiro atoms. The topological polar surface area (TPSA) is 65.4 Å². The van der Waals surface area contributed by atoms with Crippen LogP contribution in [0, 0.1) is 0 Å². The number of ether oxygens (including phenoxy) is 2. The molecule has 1 aliphatic carbocycles. The predicted octanol–water partition coefficient (Wildman–Crippen LogP) is 4.59. The highest BCUT2D eigenvalue weighted by Crippen LogP contribution is 2.31. The molecule has 1 aromatic heterocycles. The highest BCUT2D eigenvalue weighted by molar-refractivity contribution is 5.91. The van der Waals surface area contributed by atoms with Crippen LogP contribution in [-0.2, 0) is 11.4 Å². The summed E-state index contributed by atoms with van der Waals surface area (Å²) < 4.78 is 13.3. The van der Waals surface area contributed by atoms with Crippen molar-refractivity contribution in [2.75, 3.05) is 11.9 Å². The third-order valence-electron chi connectivity index (χ3n) is 5.05. The fraction of sp³-hybridized carbons (Fsp3) is 0.304. The molecule has 1 saturated carbocycles. The maximum absolute atomic E-state index is 12.3. The number of benzene rings is 2.